The Balaban J connectivity index is 1.36. The van der Waals surface area contributed by atoms with Crippen LogP contribution in [0.1, 0.15) is 0 Å². The fourth-order valence-corrected chi connectivity index (χ4v) is 2.58. The van der Waals surface area contributed by atoms with Crippen LogP contribution < -0.4 is 0 Å². The van der Waals surface area contributed by atoms with Crippen LogP contribution in [0, 0.1) is 0 Å². The van der Waals surface area contributed by atoms with Crippen LogP contribution in [-0.4, -0.2) is 103 Å². The summed E-state index contributed by atoms with van der Waals surface area (Å²) in [5.74, 6) is 0. The molecule has 0 aromatic heterocycles. The standard InChI is InChI=1S/C16H24O12/c1-19-16-25-9-12(28-16)5-21-3-10(22-6-13-8-24-15(18)27-13)2-20-4-11-7-23-14(17)26-11/h10-13,16H,2-9H2,1H3/t10?,11?,12?,13?,16-/m0/s1. The van der Waals surface area contributed by atoms with E-state index in [0.717, 1.165) is 0 Å². The van der Waals surface area contributed by atoms with Crippen LogP contribution in [0.25, 0.3) is 0 Å². The maximum atomic E-state index is 11.0. The first-order valence-corrected chi connectivity index (χ1v) is 8.86. The van der Waals surface area contributed by atoms with Crippen molar-refractivity contribution in [1.82, 2.24) is 0 Å². The van der Waals surface area contributed by atoms with Gasteiger partial charge in [-0.1, -0.05) is 0 Å². The predicted octanol–water partition coefficient (Wildman–Crippen LogP) is -0.179. The summed E-state index contributed by atoms with van der Waals surface area (Å²) in [6.45, 7) is 0.944. The molecule has 3 heterocycles. The summed E-state index contributed by atoms with van der Waals surface area (Å²) in [5, 5.41) is 0. The number of carbonyl (C=O) groups is 2. The highest BCUT2D eigenvalue weighted by molar-refractivity contribution is 5.62. The SMILES string of the molecule is CO[C@H]1OCC(COCC(COCC2COC(=O)O2)OCC2COC(=O)O2)O1. The van der Waals surface area contributed by atoms with E-state index in [2.05, 4.69) is 0 Å². The van der Waals surface area contributed by atoms with E-state index in [4.69, 9.17) is 47.4 Å². The van der Waals surface area contributed by atoms with Crippen molar-refractivity contribution in [3.05, 3.63) is 0 Å². The molecule has 0 aromatic carbocycles. The van der Waals surface area contributed by atoms with Gasteiger partial charge in [-0.05, 0) is 0 Å². The highest BCUT2D eigenvalue weighted by atomic mass is 16.9. The van der Waals surface area contributed by atoms with Crippen LogP contribution in [0.5, 0.6) is 0 Å². The van der Waals surface area contributed by atoms with Crippen LogP contribution in [-0.2, 0) is 47.4 Å². The lowest BCUT2D eigenvalue weighted by molar-refractivity contribution is -0.226. The molecule has 5 atom stereocenters. The molecule has 4 unspecified atom stereocenters. The zero-order valence-corrected chi connectivity index (χ0v) is 15.4. The number of carbonyl (C=O) groups excluding carboxylic acids is 2. The third-order valence-corrected chi connectivity index (χ3v) is 3.95. The van der Waals surface area contributed by atoms with Gasteiger partial charge in [-0.2, -0.15) is 0 Å². The summed E-state index contributed by atoms with van der Waals surface area (Å²) in [4.78, 5) is 21.9. The number of rotatable bonds is 12. The fourth-order valence-electron chi connectivity index (χ4n) is 2.58. The third kappa shape index (κ3) is 6.72. The summed E-state index contributed by atoms with van der Waals surface area (Å²) < 4.78 is 51.7. The Labute approximate surface area is 161 Å². The molecule has 3 aliphatic rings. The summed E-state index contributed by atoms with van der Waals surface area (Å²) >= 11 is 0. The Morgan fingerprint density at radius 1 is 0.893 bits per heavy atom. The molecule has 0 saturated carbocycles. The molecule has 0 bridgehead atoms. The number of hydrogen-bond acceptors (Lipinski definition) is 12. The second kappa shape index (κ2) is 10.7. The largest absolute Gasteiger partial charge is 0.508 e. The Morgan fingerprint density at radius 2 is 1.50 bits per heavy atom. The van der Waals surface area contributed by atoms with E-state index in [0.29, 0.717) is 6.61 Å². The van der Waals surface area contributed by atoms with Gasteiger partial charge < -0.3 is 47.4 Å². The van der Waals surface area contributed by atoms with Gasteiger partial charge in [0.2, 0.25) is 0 Å². The van der Waals surface area contributed by atoms with E-state index in [1.807, 2.05) is 0 Å². The van der Waals surface area contributed by atoms with Crippen molar-refractivity contribution in [2.24, 2.45) is 0 Å². The number of cyclic esters (lactones) is 4. The van der Waals surface area contributed by atoms with E-state index >= 15 is 0 Å². The molecule has 0 N–H and O–H groups in total. The molecular weight excluding hydrogens is 384 g/mol. The molecule has 3 rings (SSSR count). The first kappa shape index (κ1) is 21.0. The lowest BCUT2D eigenvalue weighted by Gasteiger charge is -2.20. The van der Waals surface area contributed by atoms with Crippen molar-refractivity contribution in [2.45, 2.75) is 30.9 Å². The van der Waals surface area contributed by atoms with E-state index in [1.54, 1.807) is 0 Å². The molecular formula is C16H24O12. The van der Waals surface area contributed by atoms with Gasteiger partial charge in [0, 0.05) is 7.11 Å². The van der Waals surface area contributed by atoms with Crippen molar-refractivity contribution in [3.63, 3.8) is 0 Å². The second-order valence-corrected chi connectivity index (χ2v) is 6.25. The zero-order valence-electron chi connectivity index (χ0n) is 15.4. The van der Waals surface area contributed by atoms with Gasteiger partial charge in [0.1, 0.15) is 25.4 Å². The van der Waals surface area contributed by atoms with Crippen LogP contribution in [0.3, 0.4) is 0 Å². The summed E-state index contributed by atoms with van der Waals surface area (Å²) in [7, 11) is 1.49. The number of hydrogen-bond donors (Lipinski definition) is 0. The third-order valence-electron chi connectivity index (χ3n) is 3.95. The first-order chi connectivity index (χ1) is 13.6. The van der Waals surface area contributed by atoms with Crippen LogP contribution >= 0.6 is 0 Å². The molecule has 0 aliphatic carbocycles. The maximum absolute atomic E-state index is 11.0. The molecule has 0 radical (unpaired) electrons. The smallest absolute Gasteiger partial charge is 0.430 e. The van der Waals surface area contributed by atoms with Crippen molar-refractivity contribution in [2.75, 3.05) is 60.0 Å². The first-order valence-electron chi connectivity index (χ1n) is 8.86. The highest BCUT2D eigenvalue weighted by Gasteiger charge is 2.29. The topological polar surface area (TPSA) is 126 Å². The van der Waals surface area contributed by atoms with E-state index < -0.39 is 37.1 Å². The van der Waals surface area contributed by atoms with Crippen LogP contribution in [0.2, 0.25) is 0 Å². The van der Waals surface area contributed by atoms with Gasteiger partial charge in [-0.15, -0.1) is 0 Å². The Hall–Kier alpha value is -1.70. The van der Waals surface area contributed by atoms with Crippen molar-refractivity contribution in [1.29, 1.82) is 0 Å². The average molecular weight is 408 g/mol. The minimum atomic E-state index is -0.716. The average Bonchev–Trinajstić information content (AvgIpc) is 3.41. The molecule has 0 spiro atoms. The fraction of sp³-hybridized carbons (Fsp3) is 0.875. The van der Waals surface area contributed by atoms with E-state index in [1.165, 1.54) is 7.11 Å². The molecule has 0 amide bonds. The lowest BCUT2D eigenvalue weighted by atomic mass is 10.3. The van der Waals surface area contributed by atoms with Gasteiger partial charge in [0.15, 0.2) is 12.2 Å². The Bertz CT molecular complexity index is 514. The molecule has 12 heteroatoms. The van der Waals surface area contributed by atoms with Gasteiger partial charge in [-0.3, -0.25) is 0 Å². The Morgan fingerprint density at radius 3 is 2.04 bits per heavy atom. The molecule has 3 fully saturated rings. The summed E-state index contributed by atoms with van der Waals surface area (Å²) in [6.07, 6.45) is -3.04. The quantitative estimate of drug-likeness (QED) is 0.398. The molecule has 3 saturated heterocycles. The van der Waals surface area contributed by atoms with Crippen LogP contribution in [0.15, 0.2) is 0 Å². The highest BCUT2D eigenvalue weighted by Crippen LogP contribution is 2.13. The van der Waals surface area contributed by atoms with Crippen molar-refractivity contribution < 1.29 is 57.0 Å². The van der Waals surface area contributed by atoms with Crippen LogP contribution in [0.4, 0.5) is 9.59 Å². The molecule has 12 nitrogen and oxygen atoms in total. The second-order valence-electron chi connectivity index (χ2n) is 6.25. The number of ether oxygens (including phenoxy) is 10. The minimum absolute atomic E-state index is 0.133. The van der Waals surface area contributed by atoms with Gasteiger partial charge in [0.05, 0.1) is 39.6 Å². The van der Waals surface area contributed by atoms with E-state index in [-0.39, 0.29) is 52.4 Å². The Kier molecular flexibility index (Phi) is 8.06. The van der Waals surface area contributed by atoms with Gasteiger partial charge in [-0.25, -0.2) is 9.59 Å². The number of methoxy groups -OCH3 is 1. The lowest BCUT2D eigenvalue weighted by Crippen LogP contribution is -2.33. The monoisotopic (exact) mass is 408 g/mol. The van der Waals surface area contributed by atoms with E-state index in [9.17, 15) is 9.59 Å². The molecule has 0 aromatic rings. The zero-order chi connectivity index (χ0) is 19.8. The van der Waals surface area contributed by atoms with Crippen molar-refractivity contribution in [3.8, 4) is 0 Å². The molecule has 3 aliphatic heterocycles. The van der Waals surface area contributed by atoms with Gasteiger partial charge in [0.25, 0.3) is 6.48 Å². The summed E-state index contributed by atoms with van der Waals surface area (Å²) in [6, 6.07) is 0. The molecule has 28 heavy (non-hydrogen) atoms. The van der Waals surface area contributed by atoms with Crippen molar-refractivity contribution >= 4 is 12.3 Å². The minimum Gasteiger partial charge on any atom is -0.430 e. The molecule has 160 valence electrons. The van der Waals surface area contributed by atoms with Gasteiger partial charge >= 0.3 is 12.3 Å². The summed E-state index contributed by atoms with van der Waals surface area (Å²) in [5.41, 5.74) is 0. The maximum Gasteiger partial charge on any atom is 0.508 e. The predicted molar refractivity (Wildman–Crippen MR) is 85.4 cm³/mol. The normalized spacial score (nSPS) is 30.6.